The van der Waals surface area contributed by atoms with Gasteiger partial charge in [-0.1, -0.05) is 24.3 Å². The average Bonchev–Trinajstić information content (AvgIpc) is 2.65. The molecule has 0 aromatic heterocycles. The van der Waals surface area contributed by atoms with Crippen LogP contribution in [0.3, 0.4) is 0 Å². The van der Waals surface area contributed by atoms with Crippen LogP contribution >= 0.6 is 0 Å². The minimum atomic E-state index is -0.609. The van der Waals surface area contributed by atoms with Crippen LogP contribution in [0, 0.1) is 5.41 Å². The third-order valence-corrected chi connectivity index (χ3v) is 5.07. The first-order chi connectivity index (χ1) is 11.6. The van der Waals surface area contributed by atoms with Gasteiger partial charge in [-0.3, -0.25) is 4.79 Å². The molecule has 1 saturated heterocycles. The van der Waals surface area contributed by atoms with Gasteiger partial charge in [-0.25, -0.2) is 0 Å². The maximum Gasteiger partial charge on any atom is 0.494 e. The number of benzene rings is 1. The third kappa shape index (κ3) is 4.69. The zero-order chi connectivity index (χ0) is 20.0. The lowest BCUT2D eigenvalue weighted by molar-refractivity contribution is -0.165. The molecule has 0 aliphatic carbocycles. The average molecular weight is 360 g/mol. The predicted octanol–water partition coefficient (Wildman–Crippen LogP) is 3.90. The molecule has 0 unspecified atom stereocenters. The normalized spacial score (nSPS) is 19.5. The maximum atomic E-state index is 12.5. The zero-order valence-electron chi connectivity index (χ0n) is 17.7. The Morgan fingerprint density at radius 3 is 2.08 bits per heavy atom. The van der Waals surface area contributed by atoms with Crippen LogP contribution < -0.4 is 5.46 Å². The fraction of sp³-hybridized carbons (Fsp3) is 0.667. The molecule has 2 rings (SSSR count). The molecule has 1 aliphatic heterocycles. The lowest BCUT2D eigenvalue weighted by atomic mass is 9.76. The molecule has 5 heteroatoms. The van der Waals surface area contributed by atoms with Crippen molar-refractivity contribution in [1.82, 2.24) is 0 Å². The second-order valence-electron chi connectivity index (χ2n) is 9.90. The lowest BCUT2D eigenvalue weighted by Gasteiger charge is -2.32. The summed E-state index contributed by atoms with van der Waals surface area (Å²) in [7, 11) is -0.399. The van der Waals surface area contributed by atoms with E-state index in [2.05, 4.69) is 6.07 Å². The van der Waals surface area contributed by atoms with Crippen molar-refractivity contribution in [3.05, 3.63) is 29.8 Å². The number of carbonyl (C=O) groups is 1. The second-order valence-corrected chi connectivity index (χ2v) is 9.90. The highest BCUT2D eigenvalue weighted by atomic mass is 16.7. The summed E-state index contributed by atoms with van der Waals surface area (Å²) >= 11 is 0. The molecular formula is C21H33BO4. The van der Waals surface area contributed by atoms with Crippen molar-refractivity contribution in [3.8, 4) is 0 Å². The van der Waals surface area contributed by atoms with Gasteiger partial charge >= 0.3 is 13.1 Å². The van der Waals surface area contributed by atoms with E-state index in [1.807, 2.05) is 80.5 Å². The first-order valence-electron chi connectivity index (χ1n) is 9.31. The van der Waals surface area contributed by atoms with Crippen molar-refractivity contribution in [3.63, 3.8) is 0 Å². The molecule has 0 N–H and O–H groups in total. The fourth-order valence-electron chi connectivity index (χ4n) is 2.83. The van der Waals surface area contributed by atoms with Crippen LogP contribution in [0.4, 0.5) is 0 Å². The Hall–Kier alpha value is -1.33. The first kappa shape index (κ1) is 21.0. The number of esters is 1. The van der Waals surface area contributed by atoms with E-state index in [0.717, 1.165) is 11.0 Å². The lowest BCUT2D eigenvalue weighted by Crippen LogP contribution is -2.41. The van der Waals surface area contributed by atoms with Gasteiger partial charge in [-0.05, 0) is 79.8 Å². The van der Waals surface area contributed by atoms with Crippen molar-refractivity contribution in [2.45, 2.75) is 85.5 Å². The number of carbonyl (C=O) groups excluding carboxylic acids is 1. The summed E-state index contributed by atoms with van der Waals surface area (Å²) in [5, 5.41) is 0. The minimum absolute atomic E-state index is 0.189. The highest BCUT2D eigenvalue weighted by molar-refractivity contribution is 6.62. The summed E-state index contributed by atoms with van der Waals surface area (Å²) in [6.07, 6.45) is 0.593. The Kier molecular flexibility index (Phi) is 5.39. The number of hydrogen-bond acceptors (Lipinski definition) is 4. The number of hydrogen-bond donors (Lipinski definition) is 0. The van der Waals surface area contributed by atoms with Gasteiger partial charge < -0.3 is 14.0 Å². The molecule has 0 amide bonds. The third-order valence-electron chi connectivity index (χ3n) is 5.07. The van der Waals surface area contributed by atoms with Gasteiger partial charge in [0.25, 0.3) is 0 Å². The van der Waals surface area contributed by atoms with E-state index in [1.165, 1.54) is 0 Å². The van der Waals surface area contributed by atoms with Crippen LogP contribution in [0.2, 0.25) is 0 Å². The molecule has 0 bridgehead atoms. The van der Waals surface area contributed by atoms with Crippen LogP contribution in [0.5, 0.6) is 0 Å². The van der Waals surface area contributed by atoms with Gasteiger partial charge in [0.05, 0.1) is 16.6 Å². The van der Waals surface area contributed by atoms with E-state index in [1.54, 1.807) is 0 Å². The molecule has 0 spiro atoms. The van der Waals surface area contributed by atoms with Crippen LogP contribution in [0.15, 0.2) is 24.3 Å². The van der Waals surface area contributed by atoms with E-state index in [9.17, 15) is 4.79 Å². The van der Waals surface area contributed by atoms with Crippen LogP contribution in [0.25, 0.3) is 0 Å². The fourth-order valence-corrected chi connectivity index (χ4v) is 2.83. The van der Waals surface area contributed by atoms with Gasteiger partial charge in [-0.15, -0.1) is 0 Å². The molecule has 1 aliphatic rings. The molecule has 0 radical (unpaired) electrons. The largest absolute Gasteiger partial charge is 0.494 e. The minimum Gasteiger partial charge on any atom is -0.460 e. The number of rotatable bonds is 4. The highest BCUT2D eigenvalue weighted by Crippen LogP contribution is 2.36. The molecule has 1 aromatic rings. The van der Waals surface area contributed by atoms with Crippen molar-refractivity contribution in [2.24, 2.45) is 5.41 Å². The maximum absolute atomic E-state index is 12.5. The highest BCUT2D eigenvalue weighted by Gasteiger charge is 2.51. The first-order valence-corrected chi connectivity index (χ1v) is 9.31. The monoisotopic (exact) mass is 360 g/mol. The van der Waals surface area contributed by atoms with Gasteiger partial charge in [0.1, 0.15) is 5.60 Å². The summed E-state index contributed by atoms with van der Waals surface area (Å²) in [5.41, 5.74) is 0.197. The topological polar surface area (TPSA) is 44.8 Å². The molecule has 144 valence electrons. The van der Waals surface area contributed by atoms with E-state index in [4.69, 9.17) is 14.0 Å². The second kappa shape index (κ2) is 6.68. The van der Waals surface area contributed by atoms with Gasteiger partial charge in [0.2, 0.25) is 0 Å². The summed E-state index contributed by atoms with van der Waals surface area (Å²) in [6.45, 7) is 17.7. The summed E-state index contributed by atoms with van der Waals surface area (Å²) in [5.74, 6) is -0.189. The van der Waals surface area contributed by atoms with E-state index in [-0.39, 0.29) is 17.2 Å². The van der Waals surface area contributed by atoms with Crippen LogP contribution in [0.1, 0.15) is 67.9 Å². The molecule has 1 heterocycles. The smallest absolute Gasteiger partial charge is 0.460 e. The molecule has 1 aromatic carbocycles. The number of ether oxygens (including phenoxy) is 1. The van der Waals surface area contributed by atoms with Crippen molar-refractivity contribution in [2.75, 3.05) is 0 Å². The molecule has 0 saturated carbocycles. The Morgan fingerprint density at radius 2 is 1.58 bits per heavy atom. The molecule has 4 nitrogen and oxygen atoms in total. The Morgan fingerprint density at radius 1 is 1.04 bits per heavy atom. The standard InChI is InChI=1S/C21H33BO4/c1-18(2,3)24-17(23)19(4,5)14-15-11-10-12-16(13-15)22-25-20(6,7)21(8,9)26-22/h10-13H,14H2,1-9H3. The predicted molar refractivity (Wildman–Crippen MR) is 105 cm³/mol. The molecule has 1 fully saturated rings. The van der Waals surface area contributed by atoms with E-state index in [0.29, 0.717) is 6.42 Å². The molecule has 26 heavy (non-hydrogen) atoms. The molecule has 0 atom stereocenters. The molecular weight excluding hydrogens is 327 g/mol. The van der Waals surface area contributed by atoms with Gasteiger partial charge in [-0.2, -0.15) is 0 Å². The van der Waals surface area contributed by atoms with E-state index < -0.39 is 18.1 Å². The summed E-state index contributed by atoms with van der Waals surface area (Å²) in [6, 6.07) is 8.09. The Labute approximate surface area is 158 Å². The summed E-state index contributed by atoms with van der Waals surface area (Å²) in [4.78, 5) is 12.5. The van der Waals surface area contributed by atoms with Gasteiger partial charge in [0.15, 0.2) is 0 Å². The zero-order valence-corrected chi connectivity index (χ0v) is 17.7. The Balaban J connectivity index is 2.16. The van der Waals surface area contributed by atoms with Crippen molar-refractivity contribution >= 4 is 18.6 Å². The quantitative estimate of drug-likeness (QED) is 0.604. The van der Waals surface area contributed by atoms with Crippen LogP contribution in [-0.2, 0) is 25.3 Å². The van der Waals surface area contributed by atoms with Crippen molar-refractivity contribution in [1.29, 1.82) is 0 Å². The van der Waals surface area contributed by atoms with Crippen LogP contribution in [-0.4, -0.2) is 29.9 Å². The van der Waals surface area contributed by atoms with Crippen molar-refractivity contribution < 1.29 is 18.8 Å². The van der Waals surface area contributed by atoms with Gasteiger partial charge in [0, 0.05) is 0 Å². The Bertz CT molecular complexity index is 655. The van der Waals surface area contributed by atoms with E-state index >= 15 is 0 Å². The summed E-state index contributed by atoms with van der Waals surface area (Å²) < 4.78 is 17.8. The SMILES string of the molecule is CC(C)(C)OC(=O)C(C)(C)Cc1cccc(B2OC(C)(C)C(C)(C)O2)c1.